The Labute approximate surface area is 212 Å². The molecule has 0 amide bonds. The maximum absolute atomic E-state index is 6.35. The molecule has 1 aliphatic rings. The van der Waals surface area contributed by atoms with Gasteiger partial charge in [-0.2, -0.15) is 0 Å². The van der Waals surface area contributed by atoms with Crippen LogP contribution in [0.2, 0.25) is 5.02 Å². The van der Waals surface area contributed by atoms with Crippen LogP contribution in [0.15, 0.2) is 27.7 Å². The molecule has 2 aromatic rings. The summed E-state index contributed by atoms with van der Waals surface area (Å²) in [6, 6.07) is 5.81. The second-order valence-electron chi connectivity index (χ2n) is 7.75. The van der Waals surface area contributed by atoms with Crippen molar-refractivity contribution in [3.63, 3.8) is 0 Å². The van der Waals surface area contributed by atoms with Crippen LogP contribution in [0.3, 0.4) is 0 Å². The first-order chi connectivity index (χ1) is 15.1. The average molecular weight is 577 g/mol. The molecule has 9 heteroatoms. The van der Waals surface area contributed by atoms with Crippen molar-refractivity contribution in [2.24, 2.45) is 4.99 Å². The summed E-state index contributed by atoms with van der Waals surface area (Å²) in [6.07, 6.45) is 3.40. The van der Waals surface area contributed by atoms with Gasteiger partial charge >= 0.3 is 0 Å². The highest BCUT2D eigenvalue weighted by atomic mass is 127. The van der Waals surface area contributed by atoms with Gasteiger partial charge in [-0.25, -0.2) is 0 Å². The minimum atomic E-state index is -0.160. The number of aryl methyl sites for hydroxylation is 2. The normalized spacial score (nSPS) is 15.7. The van der Waals surface area contributed by atoms with Crippen LogP contribution in [-0.2, 0) is 29.5 Å². The molecule has 1 aromatic heterocycles. The summed E-state index contributed by atoms with van der Waals surface area (Å²) in [5.74, 6) is 2.50. The van der Waals surface area contributed by atoms with E-state index < -0.39 is 0 Å². The lowest BCUT2D eigenvalue weighted by atomic mass is 9.73. The van der Waals surface area contributed by atoms with Gasteiger partial charge < -0.3 is 24.6 Å². The molecule has 0 bridgehead atoms. The zero-order valence-electron chi connectivity index (χ0n) is 19.3. The van der Waals surface area contributed by atoms with Crippen LogP contribution in [0.25, 0.3) is 0 Å². The molecule has 0 saturated carbocycles. The first-order valence-electron chi connectivity index (χ1n) is 10.9. The Kier molecular flexibility index (Phi) is 10.6. The van der Waals surface area contributed by atoms with Crippen LogP contribution in [0.4, 0.5) is 0 Å². The number of nitrogens with one attached hydrogen (secondary N) is 2. The standard InChI is InChI=1S/C23H33ClN4O3.HI/c1-5-19-17(20(6-2)31-28-19)14-26-22(25-3)27-15-23(9-11-30-12-10-23)18-13-16(24)7-8-21(18)29-4;/h7-8,13H,5-6,9-12,14-15H2,1-4H3,(H2,25,26,27);1H. The lowest BCUT2D eigenvalue weighted by molar-refractivity contribution is 0.0505. The van der Waals surface area contributed by atoms with Crippen molar-refractivity contribution in [1.82, 2.24) is 15.8 Å². The first-order valence-corrected chi connectivity index (χ1v) is 11.3. The van der Waals surface area contributed by atoms with Crippen molar-refractivity contribution in [2.75, 3.05) is 33.9 Å². The fraction of sp³-hybridized carbons (Fsp3) is 0.565. The summed E-state index contributed by atoms with van der Waals surface area (Å²) in [4.78, 5) is 4.42. The number of aliphatic imine (C=N–C) groups is 1. The Morgan fingerprint density at radius 3 is 2.59 bits per heavy atom. The predicted octanol–water partition coefficient (Wildman–Crippen LogP) is 4.49. The topological polar surface area (TPSA) is 80.9 Å². The van der Waals surface area contributed by atoms with Gasteiger partial charge in [0.15, 0.2) is 5.96 Å². The first kappa shape index (κ1) is 26.7. The largest absolute Gasteiger partial charge is 0.496 e. The van der Waals surface area contributed by atoms with E-state index in [4.69, 9.17) is 25.6 Å². The number of aromatic nitrogens is 1. The van der Waals surface area contributed by atoms with E-state index in [9.17, 15) is 0 Å². The zero-order chi connectivity index (χ0) is 22.3. The number of nitrogens with zero attached hydrogens (tertiary/aromatic N) is 2. The summed E-state index contributed by atoms with van der Waals surface area (Å²) < 4.78 is 16.8. The zero-order valence-corrected chi connectivity index (χ0v) is 22.4. The minimum Gasteiger partial charge on any atom is -0.496 e. The Morgan fingerprint density at radius 2 is 1.97 bits per heavy atom. The third-order valence-electron chi connectivity index (χ3n) is 6.04. The third kappa shape index (κ3) is 6.08. The van der Waals surface area contributed by atoms with Crippen LogP contribution in [0, 0.1) is 0 Å². The molecular weight excluding hydrogens is 543 g/mol. The molecule has 178 valence electrons. The van der Waals surface area contributed by atoms with Gasteiger partial charge in [0, 0.05) is 61.3 Å². The fourth-order valence-electron chi connectivity index (χ4n) is 4.18. The van der Waals surface area contributed by atoms with Gasteiger partial charge in [-0.15, -0.1) is 24.0 Å². The van der Waals surface area contributed by atoms with Crippen molar-refractivity contribution >= 4 is 41.5 Å². The van der Waals surface area contributed by atoms with Gasteiger partial charge in [0.25, 0.3) is 0 Å². The Hall–Kier alpha value is -1.52. The van der Waals surface area contributed by atoms with Crippen molar-refractivity contribution in [2.45, 2.75) is 51.5 Å². The van der Waals surface area contributed by atoms with Crippen LogP contribution in [0.5, 0.6) is 5.75 Å². The lowest BCUT2D eigenvalue weighted by Gasteiger charge is -2.39. The molecule has 1 fully saturated rings. The quantitative estimate of drug-likeness (QED) is 0.274. The van der Waals surface area contributed by atoms with Gasteiger partial charge in [0.05, 0.1) is 12.8 Å². The molecule has 0 spiro atoms. The molecule has 0 aliphatic carbocycles. The molecule has 0 unspecified atom stereocenters. The van der Waals surface area contributed by atoms with Gasteiger partial charge in [-0.3, -0.25) is 4.99 Å². The molecule has 2 heterocycles. The van der Waals surface area contributed by atoms with Crippen LogP contribution >= 0.6 is 35.6 Å². The molecule has 1 aliphatic heterocycles. The van der Waals surface area contributed by atoms with Crippen molar-refractivity contribution in [3.8, 4) is 5.75 Å². The summed E-state index contributed by atoms with van der Waals surface area (Å²) in [5.41, 5.74) is 3.05. The van der Waals surface area contributed by atoms with Crippen molar-refractivity contribution < 1.29 is 14.0 Å². The Balaban J connectivity index is 0.00000363. The molecule has 1 saturated heterocycles. The van der Waals surface area contributed by atoms with E-state index in [0.717, 1.165) is 60.0 Å². The predicted molar refractivity (Wildman–Crippen MR) is 139 cm³/mol. The van der Waals surface area contributed by atoms with Crippen LogP contribution in [-0.4, -0.2) is 45.0 Å². The minimum absolute atomic E-state index is 0. The van der Waals surface area contributed by atoms with E-state index in [0.29, 0.717) is 31.3 Å². The van der Waals surface area contributed by atoms with Crippen molar-refractivity contribution in [3.05, 3.63) is 45.8 Å². The fourth-order valence-corrected chi connectivity index (χ4v) is 4.35. The SMILES string of the molecule is CCc1noc(CC)c1CNC(=NC)NCC1(c2cc(Cl)ccc2OC)CCOCC1.I. The molecular formula is C23H34ClIN4O3. The van der Waals surface area contributed by atoms with Crippen LogP contribution in [0.1, 0.15) is 49.3 Å². The number of rotatable bonds is 8. The molecule has 3 rings (SSSR count). The highest BCUT2D eigenvalue weighted by molar-refractivity contribution is 14.0. The maximum atomic E-state index is 6.35. The Bertz CT molecular complexity index is 876. The summed E-state index contributed by atoms with van der Waals surface area (Å²) in [7, 11) is 3.48. The molecule has 32 heavy (non-hydrogen) atoms. The number of hydrogen-bond acceptors (Lipinski definition) is 5. The smallest absolute Gasteiger partial charge is 0.191 e. The lowest BCUT2D eigenvalue weighted by Crippen LogP contribution is -2.48. The van der Waals surface area contributed by atoms with E-state index in [1.807, 2.05) is 18.2 Å². The van der Waals surface area contributed by atoms with Gasteiger partial charge in [-0.05, 0) is 37.5 Å². The van der Waals surface area contributed by atoms with Gasteiger partial charge in [-0.1, -0.05) is 30.6 Å². The van der Waals surface area contributed by atoms with Gasteiger partial charge in [0.1, 0.15) is 11.5 Å². The summed E-state index contributed by atoms with van der Waals surface area (Å²) >= 11 is 6.35. The molecule has 0 radical (unpaired) electrons. The molecule has 0 atom stereocenters. The molecule has 7 nitrogen and oxygen atoms in total. The third-order valence-corrected chi connectivity index (χ3v) is 6.28. The van der Waals surface area contributed by atoms with E-state index in [1.54, 1.807) is 14.2 Å². The van der Waals surface area contributed by atoms with Gasteiger partial charge in [0.2, 0.25) is 0 Å². The average Bonchev–Trinajstić information content (AvgIpc) is 3.21. The van der Waals surface area contributed by atoms with E-state index in [-0.39, 0.29) is 29.4 Å². The molecule has 2 N–H and O–H groups in total. The Morgan fingerprint density at radius 1 is 1.22 bits per heavy atom. The maximum Gasteiger partial charge on any atom is 0.191 e. The number of halogens is 2. The highest BCUT2D eigenvalue weighted by Crippen LogP contribution is 2.40. The van der Waals surface area contributed by atoms with Crippen molar-refractivity contribution in [1.29, 1.82) is 0 Å². The van der Waals surface area contributed by atoms with E-state index in [1.165, 1.54) is 0 Å². The monoisotopic (exact) mass is 576 g/mol. The second-order valence-corrected chi connectivity index (χ2v) is 8.19. The number of benzene rings is 1. The number of guanidine groups is 1. The number of ether oxygens (including phenoxy) is 2. The molecule has 1 aromatic carbocycles. The second kappa shape index (κ2) is 12.6. The van der Waals surface area contributed by atoms with E-state index in [2.05, 4.69) is 34.6 Å². The summed E-state index contributed by atoms with van der Waals surface area (Å²) in [6.45, 7) is 6.86. The number of hydrogen-bond donors (Lipinski definition) is 2. The highest BCUT2D eigenvalue weighted by Gasteiger charge is 2.37. The number of methoxy groups -OCH3 is 1. The van der Waals surface area contributed by atoms with E-state index >= 15 is 0 Å². The van der Waals surface area contributed by atoms with Crippen LogP contribution < -0.4 is 15.4 Å². The summed E-state index contributed by atoms with van der Waals surface area (Å²) in [5, 5.41) is 11.8.